The predicted octanol–water partition coefficient (Wildman–Crippen LogP) is 3.53. The van der Waals surface area contributed by atoms with Crippen LogP contribution < -0.4 is 10.2 Å². The zero-order chi connectivity index (χ0) is 14.1. The zero-order valence-corrected chi connectivity index (χ0v) is 11.3. The monoisotopic (exact) mass is 268 g/mol. The molecule has 0 atom stereocenters. The molecular formula is C16H16N2O2. The van der Waals surface area contributed by atoms with Gasteiger partial charge in [-0.3, -0.25) is 4.79 Å². The van der Waals surface area contributed by atoms with Gasteiger partial charge < -0.3 is 15.3 Å². The molecule has 0 saturated heterocycles. The summed E-state index contributed by atoms with van der Waals surface area (Å²) in [6.07, 6.45) is 0.0237. The molecule has 20 heavy (non-hydrogen) atoms. The number of nitrogens with one attached hydrogen (secondary N) is 1. The first-order valence-corrected chi connectivity index (χ1v) is 6.68. The Hall–Kier alpha value is -2.49. The maximum absolute atomic E-state index is 11.0. The van der Waals surface area contributed by atoms with Crippen LogP contribution in [0.4, 0.5) is 22.7 Å². The number of carboxylic acid groups (broad SMARTS) is 1. The summed E-state index contributed by atoms with van der Waals surface area (Å²) in [7, 11) is 0. The van der Waals surface area contributed by atoms with Crippen molar-refractivity contribution in [3.05, 3.63) is 48.0 Å². The highest BCUT2D eigenvalue weighted by atomic mass is 16.4. The van der Waals surface area contributed by atoms with Crippen LogP contribution in [0, 0.1) is 0 Å². The van der Waals surface area contributed by atoms with Gasteiger partial charge in [0.25, 0.3) is 0 Å². The topological polar surface area (TPSA) is 52.6 Å². The summed E-state index contributed by atoms with van der Waals surface area (Å²) in [6.45, 7) is 2.93. The smallest absolute Gasteiger partial charge is 0.307 e. The molecule has 0 aliphatic carbocycles. The van der Waals surface area contributed by atoms with E-state index in [1.807, 2.05) is 36.4 Å². The van der Waals surface area contributed by atoms with E-state index < -0.39 is 5.97 Å². The van der Waals surface area contributed by atoms with Gasteiger partial charge in [0.1, 0.15) is 0 Å². The molecule has 0 aromatic heterocycles. The van der Waals surface area contributed by atoms with Crippen LogP contribution in [0.3, 0.4) is 0 Å². The fourth-order valence-electron chi connectivity index (χ4n) is 2.69. The Morgan fingerprint density at radius 2 is 1.90 bits per heavy atom. The van der Waals surface area contributed by atoms with Crippen molar-refractivity contribution in [2.75, 3.05) is 16.8 Å². The molecule has 0 fully saturated rings. The number of hydrogen-bond donors (Lipinski definition) is 2. The molecule has 4 nitrogen and oxygen atoms in total. The van der Waals surface area contributed by atoms with Crippen LogP contribution in [-0.2, 0) is 11.2 Å². The number of nitrogens with zero attached hydrogens (tertiary/aromatic N) is 1. The zero-order valence-electron chi connectivity index (χ0n) is 11.3. The minimum atomic E-state index is -0.817. The van der Waals surface area contributed by atoms with Crippen LogP contribution >= 0.6 is 0 Å². The van der Waals surface area contributed by atoms with Gasteiger partial charge in [-0.2, -0.15) is 0 Å². The second-order valence-corrected chi connectivity index (χ2v) is 4.77. The minimum absolute atomic E-state index is 0.0237. The normalized spacial score (nSPS) is 12.3. The third kappa shape index (κ3) is 1.99. The first-order chi connectivity index (χ1) is 9.70. The van der Waals surface area contributed by atoms with Crippen LogP contribution in [0.25, 0.3) is 0 Å². The lowest BCUT2D eigenvalue weighted by atomic mass is 10.0. The first kappa shape index (κ1) is 12.5. The van der Waals surface area contributed by atoms with Gasteiger partial charge in [-0.05, 0) is 30.7 Å². The van der Waals surface area contributed by atoms with Gasteiger partial charge >= 0.3 is 5.97 Å². The second-order valence-electron chi connectivity index (χ2n) is 4.77. The lowest BCUT2D eigenvalue weighted by molar-refractivity contribution is -0.136. The molecule has 0 amide bonds. The largest absolute Gasteiger partial charge is 0.481 e. The van der Waals surface area contributed by atoms with Gasteiger partial charge in [0.05, 0.1) is 29.2 Å². The van der Waals surface area contributed by atoms with Crippen molar-refractivity contribution in [2.45, 2.75) is 13.3 Å². The molecule has 1 aliphatic rings. The molecule has 1 heterocycles. The van der Waals surface area contributed by atoms with E-state index >= 15 is 0 Å². The molecule has 3 rings (SSSR count). The Morgan fingerprint density at radius 1 is 1.15 bits per heavy atom. The summed E-state index contributed by atoms with van der Waals surface area (Å²) in [6, 6.07) is 13.9. The lowest BCUT2D eigenvalue weighted by Gasteiger charge is -2.34. The van der Waals surface area contributed by atoms with Crippen molar-refractivity contribution in [3.8, 4) is 0 Å². The molecular weight excluding hydrogens is 252 g/mol. The van der Waals surface area contributed by atoms with Crippen LogP contribution in [-0.4, -0.2) is 17.6 Å². The molecule has 0 radical (unpaired) electrons. The number of fused-ring (bicyclic) bond motifs is 2. The van der Waals surface area contributed by atoms with Crippen molar-refractivity contribution in [1.29, 1.82) is 0 Å². The highest BCUT2D eigenvalue weighted by molar-refractivity contribution is 5.94. The molecule has 0 bridgehead atoms. The van der Waals surface area contributed by atoms with E-state index in [9.17, 15) is 4.79 Å². The SMILES string of the molecule is CCN1c2ccccc2Nc2c(CC(=O)O)cccc21. The highest BCUT2D eigenvalue weighted by Gasteiger charge is 2.23. The molecule has 1 aliphatic heterocycles. The van der Waals surface area contributed by atoms with Gasteiger partial charge in [0.15, 0.2) is 0 Å². The van der Waals surface area contributed by atoms with Gasteiger partial charge in [0.2, 0.25) is 0 Å². The number of hydrogen-bond acceptors (Lipinski definition) is 3. The van der Waals surface area contributed by atoms with E-state index in [-0.39, 0.29) is 6.42 Å². The van der Waals surface area contributed by atoms with E-state index in [1.165, 1.54) is 0 Å². The first-order valence-electron chi connectivity index (χ1n) is 6.68. The summed E-state index contributed by atoms with van der Waals surface area (Å²) < 4.78 is 0. The molecule has 2 aromatic carbocycles. The number of aliphatic carboxylic acids is 1. The number of anilines is 4. The summed E-state index contributed by atoms with van der Waals surface area (Å²) in [5.41, 5.74) is 4.87. The lowest BCUT2D eigenvalue weighted by Crippen LogP contribution is -2.23. The highest BCUT2D eigenvalue weighted by Crippen LogP contribution is 2.44. The summed E-state index contributed by atoms with van der Waals surface area (Å²) in [5, 5.41) is 12.4. The van der Waals surface area contributed by atoms with Crippen molar-refractivity contribution in [3.63, 3.8) is 0 Å². The fraction of sp³-hybridized carbons (Fsp3) is 0.188. The average Bonchev–Trinajstić information content (AvgIpc) is 2.45. The summed E-state index contributed by atoms with van der Waals surface area (Å²) in [4.78, 5) is 13.2. The van der Waals surface area contributed by atoms with Crippen LogP contribution in [0.15, 0.2) is 42.5 Å². The molecule has 0 spiro atoms. The van der Waals surface area contributed by atoms with Crippen LogP contribution in [0.2, 0.25) is 0 Å². The third-order valence-electron chi connectivity index (χ3n) is 3.53. The molecule has 0 saturated carbocycles. The Kier molecular flexibility index (Phi) is 3.06. The maximum Gasteiger partial charge on any atom is 0.307 e. The number of carbonyl (C=O) groups is 1. The van der Waals surface area contributed by atoms with Crippen molar-refractivity contribution < 1.29 is 9.90 Å². The molecule has 4 heteroatoms. The minimum Gasteiger partial charge on any atom is -0.481 e. The predicted molar refractivity (Wildman–Crippen MR) is 80.2 cm³/mol. The number of para-hydroxylation sites is 3. The summed E-state index contributed by atoms with van der Waals surface area (Å²) in [5.74, 6) is -0.817. The molecule has 102 valence electrons. The van der Waals surface area contributed by atoms with Crippen molar-refractivity contribution >= 4 is 28.7 Å². The second kappa shape index (κ2) is 4.89. The Labute approximate surface area is 117 Å². The van der Waals surface area contributed by atoms with E-state index in [0.29, 0.717) is 0 Å². The number of benzene rings is 2. The van der Waals surface area contributed by atoms with Gasteiger partial charge in [-0.15, -0.1) is 0 Å². The van der Waals surface area contributed by atoms with Gasteiger partial charge in [-0.25, -0.2) is 0 Å². The van der Waals surface area contributed by atoms with E-state index in [0.717, 1.165) is 34.9 Å². The van der Waals surface area contributed by atoms with E-state index in [2.05, 4.69) is 23.2 Å². The molecule has 2 aromatic rings. The van der Waals surface area contributed by atoms with Crippen molar-refractivity contribution in [2.24, 2.45) is 0 Å². The van der Waals surface area contributed by atoms with E-state index in [4.69, 9.17) is 5.11 Å². The Bertz CT molecular complexity index is 667. The average molecular weight is 268 g/mol. The standard InChI is InChI=1S/C16H16N2O2/c1-2-18-13-8-4-3-7-12(13)17-16-11(10-15(19)20)6-5-9-14(16)18/h3-9,17H,2,10H2,1H3,(H,19,20). The van der Waals surface area contributed by atoms with Crippen molar-refractivity contribution in [1.82, 2.24) is 0 Å². The van der Waals surface area contributed by atoms with Crippen LogP contribution in [0.5, 0.6) is 0 Å². The maximum atomic E-state index is 11.0. The Morgan fingerprint density at radius 3 is 2.65 bits per heavy atom. The quantitative estimate of drug-likeness (QED) is 0.894. The number of carboxylic acids is 1. The van der Waals surface area contributed by atoms with E-state index in [1.54, 1.807) is 0 Å². The number of rotatable bonds is 3. The fourth-order valence-corrected chi connectivity index (χ4v) is 2.69. The molecule has 0 unspecified atom stereocenters. The van der Waals surface area contributed by atoms with Crippen LogP contribution in [0.1, 0.15) is 12.5 Å². The van der Waals surface area contributed by atoms with Gasteiger partial charge in [-0.1, -0.05) is 24.3 Å². The third-order valence-corrected chi connectivity index (χ3v) is 3.53. The Balaban J connectivity index is 2.14. The molecule has 2 N–H and O–H groups in total. The van der Waals surface area contributed by atoms with Gasteiger partial charge in [0, 0.05) is 6.54 Å². The summed E-state index contributed by atoms with van der Waals surface area (Å²) >= 11 is 0.